The highest BCUT2D eigenvalue weighted by Gasteiger charge is 2.51. The van der Waals surface area contributed by atoms with Gasteiger partial charge in [0.1, 0.15) is 11.6 Å². The lowest BCUT2D eigenvalue weighted by Gasteiger charge is -2.16. The molecule has 1 fully saturated rings. The van der Waals surface area contributed by atoms with Crippen molar-refractivity contribution in [1.29, 1.82) is 0 Å². The zero-order valence-corrected chi connectivity index (χ0v) is 17.7. The first-order valence-electron chi connectivity index (χ1n) is 9.89. The van der Waals surface area contributed by atoms with Crippen molar-refractivity contribution in [3.8, 4) is 17.0 Å². The fraction of sp³-hybridized carbons (Fsp3) is 0.261. The highest BCUT2D eigenvalue weighted by atomic mass is 35.5. The largest absolute Gasteiger partial charge is 0.496 e. The molecule has 1 amide bonds. The monoisotopic (exact) mass is 441 g/mol. The predicted molar refractivity (Wildman–Crippen MR) is 116 cm³/mol. The number of hydrogen-bond acceptors (Lipinski definition) is 4. The maximum atomic E-state index is 13.6. The summed E-state index contributed by atoms with van der Waals surface area (Å²) < 4.78 is 20.2. The Morgan fingerprint density at radius 2 is 2.03 bits per heavy atom. The zero-order valence-electron chi connectivity index (χ0n) is 16.9. The number of rotatable bonds is 7. The maximum Gasteiger partial charge on any atom is 0.266 e. The molecular formula is C23H21ClFN3O3. The molecule has 0 spiro atoms. The number of amides is 1. The van der Waals surface area contributed by atoms with Gasteiger partial charge >= 0.3 is 0 Å². The molecule has 0 saturated heterocycles. The molecule has 1 aliphatic rings. The Morgan fingerprint density at radius 1 is 1.23 bits per heavy atom. The van der Waals surface area contributed by atoms with Crippen LogP contribution >= 0.6 is 11.6 Å². The summed E-state index contributed by atoms with van der Waals surface area (Å²) in [5.41, 5.74) is 0.971. The van der Waals surface area contributed by atoms with E-state index in [0.717, 1.165) is 0 Å². The molecule has 3 aromatic rings. The average molecular weight is 442 g/mol. The third kappa shape index (κ3) is 4.32. The summed E-state index contributed by atoms with van der Waals surface area (Å²) in [6, 6.07) is 14.4. The Labute approximate surface area is 183 Å². The third-order valence-corrected chi connectivity index (χ3v) is 5.71. The topological polar surface area (TPSA) is 73.2 Å². The van der Waals surface area contributed by atoms with Crippen LogP contribution in [0.25, 0.3) is 11.3 Å². The second-order valence-electron chi connectivity index (χ2n) is 7.47. The summed E-state index contributed by atoms with van der Waals surface area (Å²) in [6.07, 6.45) is 1.35. The lowest BCUT2D eigenvalue weighted by molar-refractivity contribution is -0.123. The molecule has 31 heavy (non-hydrogen) atoms. The molecular weight excluding hydrogens is 421 g/mol. The zero-order chi connectivity index (χ0) is 22.0. The SMILES string of the molecule is COc1cc(Cl)ccc1-c1ccc(=O)n(CCNC(=O)C2(c3cccc(F)c3)CC2)n1. The van der Waals surface area contributed by atoms with Crippen LogP contribution in [0.5, 0.6) is 5.75 Å². The minimum absolute atomic E-state index is 0.165. The van der Waals surface area contributed by atoms with Gasteiger partial charge in [-0.1, -0.05) is 23.7 Å². The molecule has 0 unspecified atom stereocenters. The molecule has 1 saturated carbocycles. The first-order chi connectivity index (χ1) is 14.9. The number of nitrogens with one attached hydrogen (secondary N) is 1. The summed E-state index contributed by atoms with van der Waals surface area (Å²) in [7, 11) is 1.53. The fourth-order valence-corrected chi connectivity index (χ4v) is 3.79. The Balaban J connectivity index is 1.47. The summed E-state index contributed by atoms with van der Waals surface area (Å²) in [6.45, 7) is 0.428. The number of carbonyl (C=O) groups excluding carboxylic acids is 1. The quantitative estimate of drug-likeness (QED) is 0.608. The van der Waals surface area contributed by atoms with E-state index < -0.39 is 5.41 Å². The number of aromatic nitrogens is 2. The lowest BCUT2D eigenvalue weighted by Crippen LogP contribution is -2.38. The van der Waals surface area contributed by atoms with E-state index in [2.05, 4.69) is 10.4 Å². The van der Waals surface area contributed by atoms with Gasteiger partial charge in [0.15, 0.2) is 0 Å². The number of ether oxygens (including phenoxy) is 1. The summed E-state index contributed by atoms with van der Waals surface area (Å²) in [5.74, 6) is 0.0210. The molecule has 1 aromatic heterocycles. The van der Waals surface area contributed by atoms with E-state index in [-0.39, 0.29) is 30.4 Å². The number of carbonyl (C=O) groups is 1. The van der Waals surface area contributed by atoms with Gasteiger partial charge in [-0.15, -0.1) is 0 Å². The van der Waals surface area contributed by atoms with Gasteiger partial charge in [-0.25, -0.2) is 9.07 Å². The Hall–Kier alpha value is -3.19. The number of nitrogens with zero attached hydrogens (tertiary/aromatic N) is 2. The minimum atomic E-state index is -0.682. The highest BCUT2D eigenvalue weighted by molar-refractivity contribution is 6.30. The summed E-state index contributed by atoms with van der Waals surface area (Å²) in [5, 5.41) is 7.80. The van der Waals surface area contributed by atoms with Crippen LogP contribution in [-0.4, -0.2) is 29.3 Å². The van der Waals surface area contributed by atoms with Crippen LogP contribution in [0.15, 0.2) is 59.4 Å². The van der Waals surface area contributed by atoms with Crippen molar-refractivity contribution in [3.05, 3.63) is 81.4 Å². The molecule has 4 rings (SSSR count). The Kier molecular flexibility index (Phi) is 5.78. The fourth-order valence-electron chi connectivity index (χ4n) is 3.63. The van der Waals surface area contributed by atoms with Crippen molar-refractivity contribution in [3.63, 3.8) is 0 Å². The smallest absolute Gasteiger partial charge is 0.266 e. The summed E-state index contributed by atoms with van der Waals surface area (Å²) >= 11 is 6.02. The highest BCUT2D eigenvalue weighted by Crippen LogP contribution is 2.48. The van der Waals surface area contributed by atoms with E-state index in [1.807, 2.05) is 0 Å². The van der Waals surface area contributed by atoms with Gasteiger partial charge in [0.2, 0.25) is 5.91 Å². The summed E-state index contributed by atoms with van der Waals surface area (Å²) in [4.78, 5) is 25.0. The normalized spacial score (nSPS) is 14.2. The average Bonchev–Trinajstić information content (AvgIpc) is 3.57. The van der Waals surface area contributed by atoms with Crippen LogP contribution in [0, 0.1) is 5.82 Å². The van der Waals surface area contributed by atoms with Crippen molar-refractivity contribution in [2.24, 2.45) is 0 Å². The van der Waals surface area contributed by atoms with Gasteiger partial charge in [-0.2, -0.15) is 5.10 Å². The van der Waals surface area contributed by atoms with Crippen LogP contribution in [0.1, 0.15) is 18.4 Å². The van der Waals surface area contributed by atoms with E-state index in [1.165, 1.54) is 30.0 Å². The van der Waals surface area contributed by atoms with Crippen LogP contribution < -0.4 is 15.6 Å². The van der Waals surface area contributed by atoms with Gasteiger partial charge in [0.25, 0.3) is 5.56 Å². The molecule has 0 radical (unpaired) electrons. The van der Waals surface area contributed by atoms with Crippen LogP contribution in [0.3, 0.4) is 0 Å². The predicted octanol–water partition coefficient (Wildman–Crippen LogP) is 3.56. The van der Waals surface area contributed by atoms with Crippen molar-refractivity contribution in [2.75, 3.05) is 13.7 Å². The molecule has 0 atom stereocenters. The standard InChI is InChI=1S/C23H21ClFN3O3/c1-31-20-14-16(24)5-6-18(20)19-7-8-21(29)28(27-19)12-11-26-22(30)23(9-10-23)15-3-2-4-17(25)13-15/h2-8,13-14H,9-12H2,1H3,(H,26,30). The number of benzene rings is 2. The molecule has 0 aliphatic heterocycles. The lowest BCUT2D eigenvalue weighted by atomic mass is 9.95. The van der Waals surface area contributed by atoms with E-state index >= 15 is 0 Å². The van der Waals surface area contributed by atoms with Crippen molar-refractivity contribution < 1.29 is 13.9 Å². The van der Waals surface area contributed by atoms with Crippen molar-refractivity contribution >= 4 is 17.5 Å². The second kappa shape index (κ2) is 8.51. The van der Waals surface area contributed by atoms with Crippen LogP contribution in [0.2, 0.25) is 5.02 Å². The number of hydrogen-bond donors (Lipinski definition) is 1. The van der Waals surface area contributed by atoms with Gasteiger partial charge in [0, 0.05) is 23.2 Å². The van der Waals surface area contributed by atoms with E-state index in [0.29, 0.717) is 40.4 Å². The van der Waals surface area contributed by atoms with Crippen molar-refractivity contribution in [1.82, 2.24) is 15.1 Å². The van der Waals surface area contributed by atoms with Crippen LogP contribution in [0.4, 0.5) is 4.39 Å². The first-order valence-corrected chi connectivity index (χ1v) is 10.3. The number of methoxy groups -OCH3 is 1. The van der Waals surface area contributed by atoms with E-state index in [1.54, 1.807) is 36.4 Å². The molecule has 1 heterocycles. The molecule has 1 N–H and O–H groups in total. The number of halogens is 2. The van der Waals surface area contributed by atoms with Crippen LogP contribution in [-0.2, 0) is 16.8 Å². The molecule has 1 aliphatic carbocycles. The minimum Gasteiger partial charge on any atom is -0.496 e. The molecule has 6 nitrogen and oxygen atoms in total. The molecule has 2 aromatic carbocycles. The second-order valence-corrected chi connectivity index (χ2v) is 7.91. The molecule has 0 bridgehead atoms. The van der Waals surface area contributed by atoms with Gasteiger partial charge in [-0.05, 0) is 54.8 Å². The molecule has 8 heteroatoms. The Morgan fingerprint density at radius 3 is 2.74 bits per heavy atom. The third-order valence-electron chi connectivity index (χ3n) is 5.48. The van der Waals surface area contributed by atoms with Gasteiger partial charge < -0.3 is 10.1 Å². The van der Waals surface area contributed by atoms with Crippen molar-refractivity contribution in [2.45, 2.75) is 24.8 Å². The van der Waals surface area contributed by atoms with E-state index in [4.69, 9.17) is 16.3 Å². The maximum absolute atomic E-state index is 13.6. The Bertz CT molecular complexity index is 1190. The van der Waals surface area contributed by atoms with E-state index in [9.17, 15) is 14.0 Å². The molecule has 160 valence electrons. The first kappa shape index (κ1) is 21.1. The van der Waals surface area contributed by atoms with Gasteiger partial charge in [0.05, 0.1) is 24.8 Å². The van der Waals surface area contributed by atoms with Gasteiger partial charge in [-0.3, -0.25) is 9.59 Å².